The fourth-order valence-electron chi connectivity index (χ4n) is 4.63. The molecule has 0 aromatic heterocycles. The molecule has 2 heteroatoms. The fourth-order valence-corrected chi connectivity index (χ4v) is 8.38. The largest absolute Gasteiger partial charge is 0.370 e. The summed E-state index contributed by atoms with van der Waals surface area (Å²) in [6.07, 6.45) is 6.95. The van der Waals surface area contributed by atoms with Crippen LogP contribution >= 0.6 is 0 Å². The predicted octanol–water partition coefficient (Wildman–Crippen LogP) is 6.96. The Morgan fingerprint density at radius 3 is 2.23 bits per heavy atom. The minimum Gasteiger partial charge on any atom is -0.370 e. The number of ether oxygens (including phenoxy) is 1. The number of rotatable bonds is 7. The molecule has 3 atom stereocenters. The van der Waals surface area contributed by atoms with Gasteiger partial charge >= 0.3 is 0 Å². The lowest BCUT2D eigenvalue weighted by atomic mass is 9.95. The second-order valence-corrected chi connectivity index (χ2v) is 13.6. The first-order chi connectivity index (χ1) is 12.6. The van der Waals surface area contributed by atoms with Crippen molar-refractivity contribution in [2.75, 3.05) is 0 Å². The van der Waals surface area contributed by atoms with Crippen molar-refractivity contribution in [2.24, 2.45) is 0 Å². The summed E-state index contributed by atoms with van der Waals surface area (Å²) in [5.41, 5.74) is 3.62. The molecule has 0 unspecified atom stereocenters. The van der Waals surface area contributed by atoms with Crippen molar-refractivity contribution in [3.63, 3.8) is 0 Å². The van der Waals surface area contributed by atoms with Crippen LogP contribution in [0.1, 0.15) is 56.3 Å². The average Bonchev–Trinajstić information content (AvgIpc) is 2.67. The van der Waals surface area contributed by atoms with Crippen LogP contribution in [0.5, 0.6) is 0 Å². The van der Waals surface area contributed by atoms with E-state index in [2.05, 4.69) is 80.7 Å². The first-order valence-corrected chi connectivity index (χ1v) is 13.6. The minimum absolute atomic E-state index is 0.288. The Hall–Kier alpha value is -1.38. The molecule has 0 aliphatic carbocycles. The highest BCUT2D eigenvalue weighted by molar-refractivity contribution is 6.78. The van der Waals surface area contributed by atoms with E-state index in [4.69, 9.17) is 4.74 Å². The SMILES string of the molecule is CCCC[C@H]1O[C@@H](c2ccccc2)CC[C@@H]1[Si](C)(C)Cc1ccccc1. The highest BCUT2D eigenvalue weighted by Gasteiger charge is 2.41. The lowest BCUT2D eigenvalue weighted by Crippen LogP contribution is -2.45. The van der Waals surface area contributed by atoms with Crippen molar-refractivity contribution in [2.45, 2.75) is 75.9 Å². The highest BCUT2D eigenvalue weighted by Crippen LogP contribution is 2.45. The van der Waals surface area contributed by atoms with Crippen molar-refractivity contribution in [3.8, 4) is 0 Å². The van der Waals surface area contributed by atoms with Gasteiger partial charge in [-0.25, -0.2) is 0 Å². The van der Waals surface area contributed by atoms with Gasteiger partial charge in [-0.1, -0.05) is 99.1 Å². The molecule has 1 saturated heterocycles. The molecule has 3 rings (SSSR count). The fraction of sp³-hybridized carbons (Fsp3) is 0.500. The van der Waals surface area contributed by atoms with E-state index in [1.54, 1.807) is 0 Å². The van der Waals surface area contributed by atoms with Crippen LogP contribution in [0.3, 0.4) is 0 Å². The van der Waals surface area contributed by atoms with E-state index in [1.807, 2.05) is 0 Å². The van der Waals surface area contributed by atoms with Gasteiger partial charge in [0.2, 0.25) is 0 Å². The van der Waals surface area contributed by atoms with Crippen molar-refractivity contribution in [1.29, 1.82) is 0 Å². The van der Waals surface area contributed by atoms with Gasteiger partial charge in [-0.05, 0) is 36.4 Å². The molecule has 1 aliphatic rings. The van der Waals surface area contributed by atoms with Crippen molar-refractivity contribution < 1.29 is 4.74 Å². The third-order valence-corrected chi connectivity index (χ3v) is 10.0. The van der Waals surface area contributed by atoms with Crippen LogP contribution in [0, 0.1) is 0 Å². The third kappa shape index (κ3) is 4.86. The highest BCUT2D eigenvalue weighted by atomic mass is 28.3. The van der Waals surface area contributed by atoms with Crippen LogP contribution in [0.15, 0.2) is 60.7 Å². The van der Waals surface area contributed by atoms with E-state index >= 15 is 0 Å². The van der Waals surface area contributed by atoms with Gasteiger partial charge < -0.3 is 4.74 Å². The standard InChI is InChI=1S/C24H34OSi/c1-4-5-16-23-24(26(2,3)19-20-12-8-6-9-13-20)18-17-22(25-23)21-14-10-7-11-15-21/h6-15,22-24H,4-5,16-19H2,1-3H3/t22-,23-,24+/m1/s1. The summed E-state index contributed by atoms with van der Waals surface area (Å²) in [6, 6.07) is 23.2. The van der Waals surface area contributed by atoms with Crippen LogP contribution in [-0.2, 0) is 10.8 Å². The number of unbranched alkanes of at least 4 members (excludes halogenated alkanes) is 1. The molecule has 0 spiro atoms. The summed E-state index contributed by atoms with van der Waals surface area (Å²) in [7, 11) is -1.41. The molecule has 140 valence electrons. The normalized spacial score (nSPS) is 23.7. The van der Waals surface area contributed by atoms with Gasteiger partial charge in [0.05, 0.1) is 20.3 Å². The minimum atomic E-state index is -1.41. The summed E-state index contributed by atoms with van der Waals surface area (Å²) >= 11 is 0. The lowest BCUT2D eigenvalue weighted by Gasteiger charge is -2.44. The van der Waals surface area contributed by atoms with Crippen LogP contribution in [0.25, 0.3) is 0 Å². The molecule has 1 fully saturated rings. The van der Waals surface area contributed by atoms with Gasteiger partial charge in [-0.2, -0.15) is 0 Å². The zero-order valence-electron chi connectivity index (χ0n) is 16.7. The van der Waals surface area contributed by atoms with Crippen LogP contribution < -0.4 is 0 Å². The topological polar surface area (TPSA) is 9.23 Å². The van der Waals surface area contributed by atoms with Gasteiger partial charge in [0, 0.05) is 0 Å². The molecule has 2 aromatic carbocycles. The summed E-state index contributed by atoms with van der Waals surface area (Å²) in [4.78, 5) is 0. The molecule has 1 nitrogen and oxygen atoms in total. The Morgan fingerprint density at radius 1 is 0.923 bits per heavy atom. The molecular weight excluding hydrogens is 332 g/mol. The second-order valence-electron chi connectivity index (χ2n) is 8.55. The molecule has 0 radical (unpaired) electrons. The van der Waals surface area contributed by atoms with Gasteiger partial charge in [-0.15, -0.1) is 0 Å². The summed E-state index contributed by atoms with van der Waals surface area (Å²) in [5.74, 6) is 0. The molecule has 0 amide bonds. The molecule has 1 heterocycles. The lowest BCUT2D eigenvalue weighted by molar-refractivity contribution is -0.0568. The monoisotopic (exact) mass is 366 g/mol. The Labute approximate surface area is 160 Å². The molecule has 1 aliphatic heterocycles. The number of hydrogen-bond donors (Lipinski definition) is 0. The number of hydrogen-bond acceptors (Lipinski definition) is 1. The predicted molar refractivity (Wildman–Crippen MR) is 114 cm³/mol. The molecular formula is C24H34OSi. The molecule has 2 aromatic rings. The van der Waals surface area contributed by atoms with E-state index in [9.17, 15) is 0 Å². The van der Waals surface area contributed by atoms with E-state index in [-0.39, 0.29) is 6.10 Å². The van der Waals surface area contributed by atoms with Crippen molar-refractivity contribution >= 4 is 8.07 Å². The maximum Gasteiger partial charge on any atom is 0.0828 e. The molecule has 0 N–H and O–H groups in total. The Morgan fingerprint density at radius 2 is 1.58 bits per heavy atom. The van der Waals surface area contributed by atoms with E-state index in [0.717, 1.165) is 5.54 Å². The van der Waals surface area contributed by atoms with Gasteiger partial charge in [0.1, 0.15) is 0 Å². The number of benzene rings is 2. The zero-order valence-corrected chi connectivity index (χ0v) is 17.7. The van der Waals surface area contributed by atoms with Crippen LogP contribution in [0.2, 0.25) is 18.6 Å². The maximum atomic E-state index is 6.75. The van der Waals surface area contributed by atoms with Crippen molar-refractivity contribution in [3.05, 3.63) is 71.8 Å². The smallest absolute Gasteiger partial charge is 0.0828 e. The van der Waals surface area contributed by atoms with Gasteiger partial charge in [0.25, 0.3) is 0 Å². The summed E-state index contributed by atoms with van der Waals surface area (Å²) < 4.78 is 6.75. The summed E-state index contributed by atoms with van der Waals surface area (Å²) in [6.45, 7) is 7.45. The Kier molecular flexibility index (Phi) is 6.72. The first kappa shape index (κ1) is 19.4. The molecule has 26 heavy (non-hydrogen) atoms. The van der Waals surface area contributed by atoms with E-state index in [0.29, 0.717) is 6.10 Å². The van der Waals surface area contributed by atoms with E-state index in [1.165, 1.54) is 49.3 Å². The Bertz CT molecular complexity index is 652. The Balaban J connectivity index is 1.74. The van der Waals surface area contributed by atoms with Gasteiger partial charge in [0.15, 0.2) is 0 Å². The maximum absolute atomic E-state index is 6.75. The zero-order chi connectivity index (χ0) is 18.4. The molecule has 0 bridgehead atoms. The van der Waals surface area contributed by atoms with Crippen molar-refractivity contribution in [1.82, 2.24) is 0 Å². The summed E-state index contributed by atoms with van der Waals surface area (Å²) in [5, 5.41) is 0. The van der Waals surface area contributed by atoms with Crippen LogP contribution in [0.4, 0.5) is 0 Å². The van der Waals surface area contributed by atoms with E-state index < -0.39 is 8.07 Å². The molecule has 0 saturated carbocycles. The average molecular weight is 367 g/mol. The second kappa shape index (κ2) is 9.01. The van der Waals surface area contributed by atoms with Crippen LogP contribution in [-0.4, -0.2) is 14.2 Å². The van der Waals surface area contributed by atoms with Gasteiger partial charge in [-0.3, -0.25) is 0 Å². The quantitative estimate of drug-likeness (QED) is 0.481. The first-order valence-electron chi connectivity index (χ1n) is 10.3. The third-order valence-electron chi connectivity index (χ3n) is 6.05.